The lowest BCUT2D eigenvalue weighted by Gasteiger charge is -2.33. The molecule has 0 heterocycles. The second-order valence-corrected chi connectivity index (χ2v) is 11.2. The van der Waals surface area contributed by atoms with Crippen molar-refractivity contribution in [2.75, 3.05) is 17.9 Å². The molecule has 0 radical (unpaired) electrons. The molecule has 0 saturated heterocycles. The van der Waals surface area contributed by atoms with E-state index in [1.165, 1.54) is 42.3 Å². The molecule has 0 spiro atoms. The summed E-state index contributed by atoms with van der Waals surface area (Å²) in [6.07, 6.45) is 0.220. The third kappa shape index (κ3) is 6.46. The highest BCUT2D eigenvalue weighted by atomic mass is 35.5. The number of aryl methyl sites for hydroxylation is 1. The van der Waals surface area contributed by atoms with Gasteiger partial charge in [0.25, 0.3) is 10.0 Å². The Labute approximate surface area is 232 Å². The molecule has 0 aromatic heterocycles. The number of hydrogen-bond donors (Lipinski definition) is 1. The molecule has 2 amide bonds. The molecule has 1 unspecified atom stereocenters. The second kappa shape index (κ2) is 12.6. The Morgan fingerprint density at radius 2 is 1.58 bits per heavy atom. The van der Waals surface area contributed by atoms with Gasteiger partial charge in [0.2, 0.25) is 11.8 Å². The van der Waals surface area contributed by atoms with E-state index in [1.54, 1.807) is 44.2 Å². The number of likely N-dealkylation sites (N-methyl/N-ethyl adjacent to an activating group) is 1. The first-order valence-electron chi connectivity index (χ1n) is 11.8. The summed E-state index contributed by atoms with van der Waals surface area (Å²) in [5.41, 5.74) is 0.923. The molecule has 1 atom stereocenters. The molecule has 1 N–H and O–H groups in total. The first-order chi connectivity index (χ1) is 18.0. The molecular weight excluding hydrogens is 552 g/mol. The number of carbonyl (C=O) groups is 2. The van der Waals surface area contributed by atoms with E-state index in [1.807, 2.05) is 0 Å². The molecule has 3 rings (SSSR count). The molecule has 3 aromatic carbocycles. The smallest absolute Gasteiger partial charge is 0.264 e. The molecule has 0 aliphatic heterocycles. The Kier molecular flexibility index (Phi) is 9.76. The monoisotopic (exact) mass is 579 g/mol. The summed E-state index contributed by atoms with van der Waals surface area (Å²) in [6.45, 7) is 2.58. The zero-order valence-electron chi connectivity index (χ0n) is 21.1. The van der Waals surface area contributed by atoms with Gasteiger partial charge < -0.3 is 10.2 Å². The van der Waals surface area contributed by atoms with Gasteiger partial charge in [0.1, 0.15) is 18.4 Å². The van der Waals surface area contributed by atoms with Crippen LogP contribution >= 0.6 is 23.2 Å². The number of amides is 2. The van der Waals surface area contributed by atoms with Crippen LogP contribution in [0.2, 0.25) is 10.0 Å². The predicted molar refractivity (Wildman–Crippen MR) is 147 cm³/mol. The quantitative estimate of drug-likeness (QED) is 0.358. The molecule has 38 heavy (non-hydrogen) atoms. The minimum absolute atomic E-state index is 0.113. The van der Waals surface area contributed by atoms with Gasteiger partial charge in [0.05, 0.1) is 10.6 Å². The lowest BCUT2D eigenvalue weighted by atomic mass is 10.1. The van der Waals surface area contributed by atoms with Crippen molar-refractivity contribution in [2.24, 2.45) is 0 Å². The Bertz CT molecular complexity index is 1400. The third-order valence-corrected chi connectivity index (χ3v) is 8.51. The number of nitrogens with zero attached hydrogens (tertiary/aromatic N) is 2. The lowest BCUT2D eigenvalue weighted by Crippen LogP contribution is -2.52. The zero-order chi connectivity index (χ0) is 28.0. The van der Waals surface area contributed by atoms with Crippen LogP contribution in [0.5, 0.6) is 0 Å². The fourth-order valence-corrected chi connectivity index (χ4v) is 5.88. The number of carbonyl (C=O) groups excluding carboxylic acids is 2. The van der Waals surface area contributed by atoms with Crippen LogP contribution in [0.4, 0.5) is 10.1 Å². The summed E-state index contributed by atoms with van der Waals surface area (Å²) >= 11 is 12.7. The van der Waals surface area contributed by atoms with Crippen LogP contribution in [0.25, 0.3) is 0 Å². The van der Waals surface area contributed by atoms with Crippen molar-refractivity contribution in [3.05, 3.63) is 93.7 Å². The van der Waals surface area contributed by atoms with Gasteiger partial charge in [-0.25, -0.2) is 12.8 Å². The van der Waals surface area contributed by atoms with Gasteiger partial charge in [-0.15, -0.1) is 0 Å². The fourth-order valence-electron chi connectivity index (χ4n) is 3.94. The van der Waals surface area contributed by atoms with Crippen molar-refractivity contribution in [2.45, 2.75) is 37.8 Å². The van der Waals surface area contributed by atoms with Crippen molar-refractivity contribution < 1.29 is 22.4 Å². The maximum absolute atomic E-state index is 14.9. The van der Waals surface area contributed by atoms with Crippen LogP contribution in [0.15, 0.2) is 71.6 Å². The Hall–Kier alpha value is -3.14. The molecule has 0 aliphatic rings. The van der Waals surface area contributed by atoms with Gasteiger partial charge in [-0.3, -0.25) is 13.9 Å². The molecule has 7 nitrogen and oxygen atoms in total. The Morgan fingerprint density at radius 3 is 2.13 bits per heavy atom. The number of nitrogens with one attached hydrogen (secondary N) is 1. The molecule has 0 bridgehead atoms. The van der Waals surface area contributed by atoms with E-state index in [4.69, 9.17) is 23.2 Å². The van der Waals surface area contributed by atoms with Crippen molar-refractivity contribution in [1.29, 1.82) is 0 Å². The summed E-state index contributed by atoms with van der Waals surface area (Å²) in [4.78, 5) is 27.7. The first-order valence-corrected chi connectivity index (χ1v) is 14.0. The number of para-hydroxylation sites is 1. The topological polar surface area (TPSA) is 86.8 Å². The Morgan fingerprint density at radius 1 is 0.974 bits per heavy atom. The van der Waals surface area contributed by atoms with Crippen molar-refractivity contribution >= 4 is 50.7 Å². The van der Waals surface area contributed by atoms with Gasteiger partial charge in [-0.2, -0.15) is 0 Å². The van der Waals surface area contributed by atoms with Crippen molar-refractivity contribution in [3.8, 4) is 0 Å². The zero-order valence-corrected chi connectivity index (χ0v) is 23.4. The van der Waals surface area contributed by atoms with E-state index < -0.39 is 40.2 Å². The number of halogens is 3. The lowest BCUT2D eigenvalue weighted by molar-refractivity contribution is -0.140. The number of anilines is 1. The highest BCUT2D eigenvalue weighted by Crippen LogP contribution is 2.29. The summed E-state index contributed by atoms with van der Waals surface area (Å²) in [5.74, 6) is -2.02. The second-order valence-electron chi connectivity index (χ2n) is 8.54. The normalized spacial score (nSPS) is 12.1. The predicted octanol–water partition coefficient (Wildman–Crippen LogP) is 5.19. The number of rotatable bonds is 10. The van der Waals surface area contributed by atoms with Gasteiger partial charge in [-0.1, -0.05) is 66.0 Å². The fraction of sp³-hybridized carbons (Fsp3) is 0.259. The van der Waals surface area contributed by atoms with Gasteiger partial charge in [0, 0.05) is 29.2 Å². The summed E-state index contributed by atoms with van der Waals surface area (Å²) in [7, 11) is -2.94. The molecule has 202 valence electrons. The number of hydrogen-bond acceptors (Lipinski definition) is 4. The first kappa shape index (κ1) is 29.4. The van der Waals surface area contributed by atoms with Crippen LogP contribution in [0, 0.1) is 12.7 Å². The van der Waals surface area contributed by atoms with E-state index in [0.29, 0.717) is 9.87 Å². The maximum Gasteiger partial charge on any atom is 0.264 e. The maximum atomic E-state index is 14.9. The average molecular weight is 581 g/mol. The average Bonchev–Trinajstić information content (AvgIpc) is 2.89. The molecule has 0 aliphatic carbocycles. The van der Waals surface area contributed by atoms with Crippen LogP contribution < -0.4 is 9.62 Å². The van der Waals surface area contributed by atoms with Crippen LogP contribution in [-0.4, -0.2) is 44.8 Å². The molecule has 0 fully saturated rings. The van der Waals surface area contributed by atoms with E-state index in [2.05, 4.69) is 5.32 Å². The van der Waals surface area contributed by atoms with Crippen molar-refractivity contribution in [3.63, 3.8) is 0 Å². The standard InChI is InChI=1S/C27H28Cl2FN3O4S/c1-4-24(27(35)31-3)32(16-20-21(28)8-7-9-22(20)29)26(34)17-33(25-11-6-5-10-23(25)30)38(36,37)19-14-12-18(2)13-15-19/h5-15,24H,4,16-17H2,1-3H3,(H,31,35). The van der Waals surface area contributed by atoms with Gasteiger partial charge >= 0.3 is 0 Å². The number of benzene rings is 3. The van der Waals surface area contributed by atoms with E-state index >= 15 is 0 Å². The van der Waals surface area contributed by atoms with Crippen LogP contribution in [0.3, 0.4) is 0 Å². The van der Waals surface area contributed by atoms with Crippen molar-refractivity contribution in [1.82, 2.24) is 10.2 Å². The van der Waals surface area contributed by atoms with Gasteiger partial charge in [-0.05, 0) is 49.7 Å². The minimum atomic E-state index is -4.38. The van der Waals surface area contributed by atoms with E-state index in [9.17, 15) is 22.4 Å². The highest BCUT2D eigenvalue weighted by molar-refractivity contribution is 7.92. The van der Waals surface area contributed by atoms with E-state index in [-0.39, 0.29) is 33.6 Å². The summed E-state index contributed by atoms with van der Waals surface area (Å²) in [6, 6.07) is 15.2. The summed E-state index contributed by atoms with van der Waals surface area (Å²) < 4.78 is 43.1. The molecule has 11 heteroatoms. The molecular formula is C27H28Cl2FN3O4S. The Balaban J connectivity index is 2.11. The molecule has 3 aromatic rings. The largest absolute Gasteiger partial charge is 0.357 e. The van der Waals surface area contributed by atoms with Crippen LogP contribution in [0.1, 0.15) is 24.5 Å². The highest BCUT2D eigenvalue weighted by Gasteiger charge is 2.34. The minimum Gasteiger partial charge on any atom is -0.357 e. The molecule has 0 saturated carbocycles. The van der Waals surface area contributed by atoms with E-state index in [0.717, 1.165) is 11.6 Å². The summed E-state index contributed by atoms with van der Waals surface area (Å²) in [5, 5.41) is 3.09. The SMILES string of the molecule is CCC(C(=O)NC)N(Cc1c(Cl)cccc1Cl)C(=O)CN(c1ccccc1F)S(=O)(=O)c1ccc(C)cc1. The van der Waals surface area contributed by atoms with Crippen LogP contribution in [-0.2, 0) is 26.2 Å². The number of sulfonamides is 1. The van der Waals surface area contributed by atoms with Gasteiger partial charge in [0.15, 0.2) is 0 Å². The third-order valence-electron chi connectivity index (χ3n) is 6.03.